The van der Waals surface area contributed by atoms with Gasteiger partial charge in [-0.3, -0.25) is 9.69 Å². The van der Waals surface area contributed by atoms with Gasteiger partial charge in [0.1, 0.15) is 17.0 Å². The molecule has 0 radical (unpaired) electrons. The van der Waals surface area contributed by atoms with Crippen molar-refractivity contribution in [3.63, 3.8) is 0 Å². The first-order valence-corrected chi connectivity index (χ1v) is 11.9. The van der Waals surface area contributed by atoms with Gasteiger partial charge in [0.2, 0.25) is 0 Å². The third-order valence-corrected chi connectivity index (χ3v) is 7.06. The minimum atomic E-state index is -0.178. The Kier molecular flexibility index (Phi) is 7.18. The number of fused-ring (bicyclic) bond motifs is 1. The highest BCUT2D eigenvalue weighted by Crippen LogP contribution is 2.39. The number of thiazole rings is 1. The molecule has 1 aliphatic heterocycles. The highest BCUT2D eigenvalue weighted by Gasteiger charge is 2.27. The van der Waals surface area contributed by atoms with Crippen LogP contribution in [0.4, 0.5) is 5.13 Å². The van der Waals surface area contributed by atoms with Crippen LogP contribution in [0.1, 0.15) is 38.2 Å². The maximum atomic E-state index is 13.2. The molecule has 2 heterocycles. The quantitative estimate of drug-likeness (QED) is 0.420. The van der Waals surface area contributed by atoms with Gasteiger partial charge in [-0.15, -0.1) is 0 Å². The van der Waals surface area contributed by atoms with E-state index >= 15 is 0 Å². The summed E-state index contributed by atoms with van der Waals surface area (Å²) in [5.74, 6) is 1.55. The number of carbonyl (C=O) groups excluding carboxylic acids is 1. The summed E-state index contributed by atoms with van der Waals surface area (Å²) in [5, 5.41) is 1.14. The monoisotopic (exact) mass is 474 g/mol. The summed E-state index contributed by atoms with van der Waals surface area (Å²) >= 11 is 7.76. The fraction of sp³-hybridized carbons (Fsp3) is 0.417. The number of benzene rings is 2. The minimum Gasteiger partial charge on any atom is -0.494 e. The van der Waals surface area contributed by atoms with Gasteiger partial charge in [-0.05, 0) is 48.6 Å². The summed E-state index contributed by atoms with van der Waals surface area (Å²) < 4.78 is 17.8. The standard InChI is InChI=1S/C24H27ClN2O4S/c1-15(2)16-6-8-17(9-7-16)31-14-21(28)27(13-18-5-4-12-30-18)24-26-22-20(29-3)11-10-19(25)23(22)32-24/h6-11,15,18H,4-5,12-14H2,1-3H3. The number of rotatable bonds is 8. The second-order valence-electron chi connectivity index (χ2n) is 8.08. The van der Waals surface area contributed by atoms with Crippen molar-refractivity contribution < 1.29 is 19.0 Å². The molecule has 0 aliphatic carbocycles. The lowest BCUT2D eigenvalue weighted by Crippen LogP contribution is -2.40. The molecule has 0 bridgehead atoms. The number of carbonyl (C=O) groups is 1. The lowest BCUT2D eigenvalue weighted by Gasteiger charge is -2.23. The van der Waals surface area contributed by atoms with Crippen molar-refractivity contribution in [3.05, 3.63) is 47.0 Å². The summed E-state index contributed by atoms with van der Waals surface area (Å²) in [6.45, 7) is 5.33. The molecule has 0 N–H and O–H groups in total. The van der Waals surface area contributed by atoms with Gasteiger partial charge >= 0.3 is 0 Å². The fourth-order valence-corrected chi connectivity index (χ4v) is 4.95. The van der Waals surface area contributed by atoms with Gasteiger partial charge in [-0.2, -0.15) is 0 Å². The molecular formula is C24H27ClN2O4S. The first-order chi connectivity index (χ1) is 15.5. The summed E-state index contributed by atoms with van der Waals surface area (Å²) in [5.41, 5.74) is 1.87. The topological polar surface area (TPSA) is 60.9 Å². The number of aromatic nitrogens is 1. The Balaban J connectivity index is 1.56. The molecule has 3 aromatic rings. The number of halogens is 1. The second-order valence-corrected chi connectivity index (χ2v) is 9.46. The lowest BCUT2D eigenvalue weighted by atomic mass is 10.0. The molecule has 6 nitrogen and oxygen atoms in total. The Labute approximate surface area is 197 Å². The van der Waals surface area contributed by atoms with Gasteiger partial charge in [0.05, 0.1) is 29.5 Å². The van der Waals surface area contributed by atoms with Crippen LogP contribution in [0.25, 0.3) is 10.2 Å². The zero-order valence-electron chi connectivity index (χ0n) is 18.5. The summed E-state index contributed by atoms with van der Waals surface area (Å²) in [7, 11) is 1.59. The number of ether oxygens (including phenoxy) is 3. The Morgan fingerprint density at radius 3 is 2.72 bits per heavy atom. The van der Waals surface area contributed by atoms with Gasteiger partial charge < -0.3 is 14.2 Å². The summed E-state index contributed by atoms with van der Waals surface area (Å²) in [6.07, 6.45) is 1.88. The largest absolute Gasteiger partial charge is 0.494 e. The van der Waals surface area contributed by atoms with E-state index in [1.165, 1.54) is 16.9 Å². The van der Waals surface area contributed by atoms with E-state index in [1.807, 2.05) is 24.3 Å². The summed E-state index contributed by atoms with van der Waals surface area (Å²) in [4.78, 5) is 19.6. The van der Waals surface area contributed by atoms with Crippen LogP contribution < -0.4 is 14.4 Å². The normalized spacial score (nSPS) is 16.0. The molecule has 170 valence electrons. The van der Waals surface area contributed by atoms with Crippen LogP contribution in [0.2, 0.25) is 5.02 Å². The van der Waals surface area contributed by atoms with Gasteiger partial charge in [0, 0.05) is 6.61 Å². The van der Waals surface area contributed by atoms with Gasteiger partial charge in [-0.25, -0.2) is 4.98 Å². The molecule has 0 saturated carbocycles. The van der Waals surface area contributed by atoms with E-state index in [1.54, 1.807) is 24.1 Å². The van der Waals surface area contributed by atoms with Crippen molar-refractivity contribution in [2.45, 2.75) is 38.7 Å². The van der Waals surface area contributed by atoms with Crippen LogP contribution in [-0.4, -0.2) is 43.9 Å². The van der Waals surface area contributed by atoms with Crippen molar-refractivity contribution in [1.82, 2.24) is 4.98 Å². The number of anilines is 1. The molecule has 1 saturated heterocycles. The van der Waals surface area contributed by atoms with Crippen LogP contribution in [0.3, 0.4) is 0 Å². The van der Waals surface area contributed by atoms with E-state index in [0.717, 1.165) is 17.5 Å². The average molecular weight is 475 g/mol. The zero-order chi connectivity index (χ0) is 22.7. The van der Waals surface area contributed by atoms with Crippen LogP contribution in [0.15, 0.2) is 36.4 Å². The van der Waals surface area contributed by atoms with Crippen LogP contribution in [0, 0.1) is 0 Å². The Morgan fingerprint density at radius 2 is 2.06 bits per heavy atom. The molecule has 0 spiro atoms. The van der Waals surface area contributed by atoms with E-state index in [-0.39, 0.29) is 18.6 Å². The van der Waals surface area contributed by atoms with Crippen molar-refractivity contribution in [3.8, 4) is 11.5 Å². The van der Waals surface area contributed by atoms with Crippen LogP contribution >= 0.6 is 22.9 Å². The molecule has 32 heavy (non-hydrogen) atoms. The van der Waals surface area contributed by atoms with Gasteiger partial charge in [0.15, 0.2) is 11.7 Å². The first-order valence-electron chi connectivity index (χ1n) is 10.7. The number of amides is 1. The van der Waals surface area contributed by atoms with Crippen LogP contribution in [-0.2, 0) is 9.53 Å². The molecule has 1 amide bonds. The molecule has 1 unspecified atom stereocenters. The predicted octanol–water partition coefficient (Wildman–Crippen LogP) is 5.67. The van der Waals surface area contributed by atoms with Crippen molar-refractivity contribution in [2.24, 2.45) is 0 Å². The molecule has 1 fully saturated rings. The number of nitrogens with zero attached hydrogens (tertiary/aromatic N) is 2. The highest BCUT2D eigenvalue weighted by atomic mass is 35.5. The van der Waals surface area contributed by atoms with E-state index < -0.39 is 0 Å². The van der Waals surface area contributed by atoms with Crippen molar-refractivity contribution >= 4 is 44.2 Å². The maximum absolute atomic E-state index is 13.2. The van der Waals surface area contributed by atoms with Crippen LogP contribution in [0.5, 0.6) is 11.5 Å². The number of methoxy groups -OCH3 is 1. The zero-order valence-corrected chi connectivity index (χ0v) is 20.0. The molecule has 8 heteroatoms. The maximum Gasteiger partial charge on any atom is 0.266 e. The van der Waals surface area contributed by atoms with Crippen molar-refractivity contribution in [2.75, 3.05) is 31.8 Å². The Morgan fingerprint density at radius 1 is 1.28 bits per heavy atom. The van der Waals surface area contributed by atoms with Gasteiger partial charge in [-0.1, -0.05) is 48.9 Å². The molecule has 1 aliphatic rings. The number of hydrogen-bond acceptors (Lipinski definition) is 6. The molecule has 1 aromatic heterocycles. The van der Waals surface area contributed by atoms with Gasteiger partial charge in [0.25, 0.3) is 5.91 Å². The predicted molar refractivity (Wildman–Crippen MR) is 129 cm³/mol. The minimum absolute atomic E-state index is 0.0198. The molecular weight excluding hydrogens is 448 g/mol. The fourth-order valence-electron chi connectivity index (χ4n) is 3.67. The smallest absolute Gasteiger partial charge is 0.266 e. The van der Waals surface area contributed by atoms with E-state index in [2.05, 4.69) is 13.8 Å². The molecule has 4 rings (SSSR count). The van der Waals surface area contributed by atoms with E-state index in [4.69, 9.17) is 30.8 Å². The molecule has 1 atom stereocenters. The summed E-state index contributed by atoms with van der Waals surface area (Å²) in [6, 6.07) is 11.4. The second kappa shape index (κ2) is 10.1. The third-order valence-electron chi connectivity index (χ3n) is 5.52. The SMILES string of the molecule is COc1ccc(Cl)c2sc(N(CC3CCCO3)C(=O)COc3ccc(C(C)C)cc3)nc12. The average Bonchev–Trinajstić information content (AvgIpc) is 3.47. The third kappa shape index (κ3) is 5.00. The Hall–Kier alpha value is -2.35. The van der Waals surface area contributed by atoms with E-state index in [0.29, 0.717) is 46.2 Å². The first kappa shape index (κ1) is 22.8. The van der Waals surface area contributed by atoms with Crippen molar-refractivity contribution in [1.29, 1.82) is 0 Å². The lowest BCUT2D eigenvalue weighted by molar-refractivity contribution is -0.120. The number of hydrogen-bond donors (Lipinski definition) is 0. The Bertz CT molecular complexity index is 1080. The highest BCUT2D eigenvalue weighted by molar-refractivity contribution is 7.23. The van der Waals surface area contributed by atoms with E-state index in [9.17, 15) is 4.79 Å². The molecule has 2 aromatic carbocycles.